The summed E-state index contributed by atoms with van der Waals surface area (Å²) >= 11 is 0. The Bertz CT molecular complexity index is 358. The molecule has 3 nitrogen and oxygen atoms in total. The van der Waals surface area contributed by atoms with Crippen LogP contribution in [-0.2, 0) is 11.3 Å². The van der Waals surface area contributed by atoms with Crippen LogP contribution in [0, 0.1) is 11.8 Å². The third kappa shape index (κ3) is 6.10. The van der Waals surface area contributed by atoms with Crippen LogP contribution in [0.1, 0.15) is 52.6 Å². The zero-order chi connectivity index (χ0) is 15.0. The molecular formula is C17H32N2O. The molecule has 0 spiro atoms. The van der Waals surface area contributed by atoms with E-state index >= 15 is 0 Å². The van der Waals surface area contributed by atoms with E-state index in [4.69, 9.17) is 4.74 Å². The molecule has 0 aliphatic heterocycles. The summed E-state index contributed by atoms with van der Waals surface area (Å²) in [6.07, 6.45) is 5.59. The van der Waals surface area contributed by atoms with Gasteiger partial charge < -0.3 is 14.6 Å². The Morgan fingerprint density at radius 2 is 2.00 bits per heavy atom. The zero-order valence-corrected chi connectivity index (χ0v) is 13.9. The maximum absolute atomic E-state index is 5.64. The Kier molecular flexibility index (Phi) is 7.93. The first-order valence-corrected chi connectivity index (χ1v) is 8.01. The van der Waals surface area contributed by atoms with Crippen molar-refractivity contribution in [2.45, 2.75) is 53.6 Å². The molecule has 0 saturated heterocycles. The number of hydrogen-bond acceptors (Lipinski definition) is 2. The number of rotatable bonds is 10. The monoisotopic (exact) mass is 280 g/mol. The number of aromatic nitrogens is 1. The fraction of sp³-hybridized carbons (Fsp3) is 0.765. The highest BCUT2D eigenvalue weighted by Gasteiger charge is 2.15. The summed E-state index contributed by atoms with van der Waals surface area (Å²) in [6, 6.07) is 2.68. The van der Waals surface area contributed by atoms with Gasteiger partial charge in [-0.1, -0.05) is 34.6 Å². The SMILES string of the molecule is CCCNC(c1ccn(CCOCC(C)C)c1)C(C)C. The highest BCUT2D eigenvalue weighted by molar-refractivity contribution is 5.16. The molecule has 1 heterocycles. The number of nitrogens with zero attached hydrogens (tertiary/aromatic N) is 1. The number of nitrogens with one attached hydrogen (secondary N) is 1. The first-order chi connectivity index (χ1) is 9.54. The lowest BCUT2D eigenvalue weighted by Crippen LogP contribution is -2.26. The van der Waals surface area contributed by atoms with Gasteiger partial charge in [0.05, 0.1) is 6.61 Å². The third-order valence-corrected chi connectivity index (χ3v) is 3.36. The normalized spacial score (nSPS) is 13.3. The van der Waals surface area contributed by atoms with Crippen molar-refractivity contribution in [1.29, 1.82) is 0 Å². The summed E-state index contributed by atoms with van der Waals surface area (Å²) in [5.74, 6) is 1.22. The minimum Gasteiger partial charge on any atom is -0.379 e. The minimum atomic E-state index is 0.452. The largest absolute Gasteiger partial charge is 0.379 e. The van der Waals surface area contributed by atoms with E-state index in [0.29, 0.717) is 17.9 Å². The van der Waals surface area contributed by atoms with Crippen LogP contribution < -0.4 is 5.32 Å². The summed E-state index contributed by atoms with van der Waals surface area (Å²) in [5, 5.41) is 3.64. The summed E-state index contributed by atoms with van der Waals surface area (Å²) in [6.45, 7) is 14.8. The molecule has 0 fully saturated rings. The van der Waals surface area contributed by atoms with E-state index < -0.39 is 0 Å². The van der Waals surface area contributed by atoms with Crippen molar-refractivity contribution in [2.24, 2.45) is 11.8 Å². The van der Waals surface area contributed by atoms with E-state index in [2.05, 4.69) is 63.0 Å². The Hall–Kier alpha value is -0.800. The van der Waals surface area contributed by atoms with Crippen molar-refractivity contribution in [1.82, 2.24) is 9.88 Å². The van der Waals surface area contributed by atoms with E-state index in [1.54, 1.807) is 0 Å². The topological polar surface area (TPSA) is 26.2 Å². The maximum atomic E-state index is 5.64. The van der Waals surface area contributed by atoms with Gasteiger partial charge in [-0.15, -0.1) is 0 Å². The lowest BCUT2D eigenvalue weighted by molar-refractivity contribution is 0.103. The summed E-state index contributed by atoms with van der Waals surface area (Å²) in [4.78, 5) is 0. The predicted octanol–water partition coefficient (Wildman–Crippen LogP) is 3.86. The molecule has 20 heavy (non-hydrogen) atoms. The average Bonchev–Trinajstić information content (AvgIpc) is 2.83. The first kappa shape index (κ1) is 17.3. The standard InChI is InChI=1S/C17H32N2O/c1-6-8-18-17(15(4)5)16-7-9-19(12-16)10-11-20-13-14(2)3/h7,9,12,14-15,17-18H,6,8,10-11,13H2,1-5H3. The second-order valence-corrected chi connectivity index (χ2v) is 6.33. The van der Waals surface area contributed by atoms with Gasteiger partial charge >= 0.3 is 0 Å². The van der Waals surface area contributed by atoms with Gasteiger partial charge in [0.2, 0.25) is 0 Å². The van der Waals surface area contributed by atoms with Gasteiger partial charge in [-0.3, -0.25) is 0 Å². The van der Waals surface area contributed by atoms with Crippen LogP contribution in [0.4, 0.5) is 0 Å². The molecular weight excluding hydrogens is 248 g/mol. The van der Waals surface area contributed by atoms with Crippen molar-refractivity contribution in [2.75, 3.05) is 19.8 Å². The van der Waals surface area contributed by atoms with Crippen LogP contribution in [0.5, 0.6) is 0 Å². The molecule has 0 aliphatic carbocycles. The van der Waals surface area contributed by atoms with Gasteiger partial charge in [-0.25, -0.2) is 0 Å². The summed E-state index contributed by atoms with van der Waals surface area (Å²) < 4.78 is 7.88. The molecule has 0 saturated carbocycles. The van der Waals surface area contributed by atoms with Crippen LogP contribution in [-0.4, -0.2) is 24.3 Å². The highest BCUT2D eigenvalue weighted by Crippen LogP contribution is 2.21. The molecule has 3 heteroatoms. The molecule has 0 aliphatic rings. The van der Waals surface area contributed by atoms with E-state index in [1.165, 1.54) is 12.0 Å². The van der Waals surface area contributed by atoms with Crippen molar-refractivity contribution in [3.63, 3.8) is 0 Å². The second kappa shape index (κ2) is 9.19. The molecule has 1 N–H and O–H groups in total. The van der Waals surface area contributed by atoms with Crippen molar-refractivity contribution >= 4 is 0 Å². The molecule has 116 valence electrons. The van der Waals surface area contributed by atoms with Crippen LogP contribution >= 0.6 is 0 Å². The quantitative estimate of drug-likeness (QED) is 0.659. The van der Waals surface area contributed by atoms with E-state index in [9.17, 15) is 0 Å². The van der Waals surface area contributed by atoms with Gasteiger partial charge in [0.25, 0.3) is 0 Å². The smallest absolute Gasteiger partial charge is 0.0645 e. The van der Waals surface area contributed by atoms with Gasteiger partial charge in [0.15, 0.2) is 0 Å². The molecule has 1 aromatic rings. The van der Waals surface area contributed by atoms with E-state index in [-0.39, 0.29) is 0 Å². The predicted molar refractivity (Wildman–Crippen MR) is 86.0 cm³/mol. The van der Waals surface area contributed by atoms with Crippen molar-refractivity contribution in [3.05, 3.63) is 24.0 Å². The minimum absolute atomic E-state index is 0.452. The lowest BCUT2D eigenvalue weighted by Gasteiger charge is -2.21. The lowest BCUT2D eigenvalue weighted by atomic mass is 9.98. The summed E-state index contributed by atoms with van der Waals surface area (Å²) in [7, 11) is 0. The van der Waals surface area contributed by atoms with Crippen LogP contribution in [0.2, 0.25) is 0 Å². The summed E-state index contributed by atoms with van der Waals surface area (Å²) in [5.41, 5.74) is 1.39. The van der Waals surface area contributed by atoms with Gasteiger partial charge in [-0.2, -0.15) is 0 Å². The van der Waals surface area contributed by atoms with Gasteiger partial charge in [-0.05, 0) is 36.4 Å². The molecule has 1 aromatic heterocycles. The molecule has 0 aromatic carbocycles. The Morgan fingerprint density at radius 1 is 1.25 bits per heavy atom. The molecule has 1 atom stereocenters. The molecule has 0 radical (unpaired) electrons. The first-order valence-electron chi connectivity index (χ1n) is 8.01. The average molecular weight is 280 g/mol. The molecule has 0 amide bonds. The highest BCUT2D eigenvalue weighted by atomic mass is 16.5. The van der Waals surface area contributed by atoms with Crippen molar-refractivity contribution in [3.8, 4) is 0 Å². The Labute approximate surface area is 124 Å². The fourth-order valence-electron chi connectivity index (χ4n) is 2.31. The molecule has 0 bridgehead atoms. The van der Waals surface area contributed by atoms with Gasteiger partial charge in [0, 0.05) is 31.6 Å². The maximum Gasteiger partial charge on any atom is 0.0645 e. The van der Waals surface area contributed by atoms with E-state index in [0.717, 1.165) is 26.3 Å². The molecule has 1 rings (SSSR count). The van der Waals surface area contributed by atoms with Gasteiger partial charge in [0.1, 0.15) is 0 Å². The Balaban J connectivity index is 2.47. The molecule has 1 unspecified atom stereocenters. The van der Waals surface area contributed by atoms with Crippen LogP contribution in [0.3, 0.4) is 0 Å². The number of ether oxygens (including phenoxy) is 1. The zero-order valence-electron chi connectivity index (χ0n) is 13.9. The van der Waals surface area contributed by atoms with E-state index in [1.807, 2.05) is 0 Å². The number of hydrogen-bond donors (Lipinski definition) is 1. The van der Waals surface area contributed by atoms with Crippen LogP contribution in [0.25, 0.3) is 0 Å². The fourth-order valence-corrected chi connectivity index (χ4v) is 2.31. The Morgan fingerprint density at radius 3 is 2.60 bits per heavy atom. The second-order valence-electron chi connectivity index (χ2n) is 6.33. The third-order valence-electron chi connectivity index (χ3n) is 3.36. The van der Waals surface area contributed by atoms with Crippen molar-refractivity contribution < 1.29 is 4.74 Å². The van der Waals surface area contributed by atoms with Crippen LogP contribution in [0.15, 0.2) is 18.5 Å².